The first-order chi connectivity index (χ1) is 25.3. The summed E-state index contributed by atoms with van der Waals surface area (Å²) >= 11 is 0. The zero-order valence-electron chi connectivity index (χ0n) is 27.9. The van der Waals surface area contributed by atoms with E-state index in [0.29, 0.717) is 0 Å². The van der Waals surface area contributed by atoms with E-state index < -0.39 is 5.41 Å². The van der Waals surface area contributed by atoms with Gasteiger partial charge in [-0.3, -0.25) is 0 Å². The fourth-order valence-corrected chi connectivity index (χ4v) is 8.27. The molecule has 0 atom stereocenters. The highest BCUT2D eigenvalue weighted by Crippen LogP contribution is 2.57. The van der Waals surface area contributed by atoms with Gasteiger partial charge < -0.3 is 0 Å². The van der Waals surface area contributed by atoms with Crippen molar-refractivity contribution in [3.63, 3.8) is 0 Å². The maximum Gasteiger partial charge on any atom is 0.0973 e. The Labute approximate surface area is 297 Å². The first kappa shape index (κ1) is 29.3. The highest BCUT2D eigenvalue weighted by molar-refractivity contribution is 6.05. The number of aromatic nitrogens is 2. The Morgan fingerprint density at radius 1 is 0.353 bits per heavy atom. The number of benzene rings is 8. The quantitative estimate of drug-likeness (QED) is 0.186. The van der Waals surface area contributed by atoms with Crippen molar-refractivity contribution in [1.29, 1.82) is 0 Å². The van der Waals surface area contributed by atoms with E-state index >= 15 is 0 Å². The molecule has 0 saturated carbocycles. The maximum atomic E-state index is 5.11. The van der Waals surface area contributed by atoms with E-state index in [0.717, 1.165) is 33.5 Å². The Morgan fingerprint density at radius 3 is 1.51 bits per heavy atom. The third-order valence-corrected chi connectivity index (χ3v) is 10.5. The topological polar surface area (TPSA) is 25.8 Å². The predicted octanol–water partition coefficient (Wildman–Crippen LogP) is 12.1. The maximum absolute atomic E-state index is 5.11. The van der Waals surface area contributed by atoms with Crippen LogP contribution in [-0.2, 0) is 5.41 Å². The molecule has 238 valence electrons. The van der Waals surface area contributed by atoms with Crippen LogP contribution in [0.25, 0.3) is 66.6 Å². The van der Waals surface area contributed by atoms with E-state index in [2.05, 4.69) is 164 Å². The molecule has 8 aromatic carbocycles. The van der Waals surface area contributed by atoms with E-state index in [9.17, 15) is 0 Å². The van der Waals surface area contributed by atoms with Crippen LogP contribution in [0, 0.1) is 0 Å². The van der Waals surface area contributed by atoms with Crippen molar-refractivity contribution >= 4 is 21.8 Å². The molecule has 1 heterocycles. The van der Waals surface area contributed by atoms with Gasteiger partial charge in [-0.2, -0.15) is 0 Å². The molecule has 1 aliphatic rings. The minimum absolute atomic E-state index is 0.401. The van der Waals surface area contributed by atoms with E-state index in [-0.39, 0.29) is 0 Å². The Kier molecular flexibility index (Phi) is 6.75. The minimum atomic E-state index is -0.401. The molecule has 0 N–H and O–H groups in total. The Hall–Kier alpha value is -6.64. The summed E-state index contributed by atoms with van der Waals surface area (Å²) < 4.78 is 0. The summed E-state index contributed by atoms with van der Waals surface area (Å²) in [7, 11) is 0. The van der Waals surface area contributed by atoms with E-state index in [1.807, 2.05) is 30.3 Å². The standard InChI is InChI=1S/C49H32N2/c1-4-14-34(15-5-1)47-48(51-45-23-13-12-22-44(45)50-47)35-26-24-33(25-27-35)36-28-30-40-37(32-36)29-31-43-46(40)41-20-10-11-21-42(41)49(43,38-16-6-2-7-17-38)39-18-8-3-9-19-39/h1-32H. The van der Waals surface area contributed by atoms with Crippen molar-refractivity contribution < 1.29 is 0 Å². The molecule has 0 unspecified atom stereocenters. The van der Waals surface area contributed by atoms with Crippen molar-refractivity contribution in [1.82, 2.24) is 9.97 Å². The second kappa shape index (κ2) is 11.8. The number of hydrogen-bond acceptors (Lipinski definition) is 2. The summed E-state index contributed by atoms with van der Waals surface area (Å²) in [6.07, 6.45) is 0. The summed E-state index contributed by atoms with van der Waals surface area (Å²) in [6, 6.07) is 69.8. The van der Waals surface area contributed by atoms with Crippen molar-refractivity contribution in [3.05, 3.63) is 216 Å². The van der Waals surface area contributed by atoms with Crippen LogP contribution in [0.3, 0.4) is 0 Å². The van der Waals surface area contributed by atoms with E-state index in [1.165, 1.54) is 55.3 Å². The van der Waals surface area contributed by atoms with Crippen LogP contribution in [0.2, 0.25) is 0 Å². The van der Waals surface area contributed by atoms with Gasteiger partial charge in [0.2, 0.25) is 0 Å². The smallest absolute Gasteiger partial charge is 0.0973 e. The molecule has 9 aromatic rings. The lowest BCUT2D eigenvalue weighted by Gasteiger charge is -2.33. The fraction of sp³-hybridized carbons (Fsp3) is 0.0204. The number of nitrogens with zero attached hydrogens (tertiary/aromatic N) is 2. The molecule has 0 amide bonds. The van der Waals surface area contributed by atoms with E-state index in [1.54, 1.807) is 0 Å². The Balaban J connectivity index is 1.10. The van der Waals surface area contributed by atoms with Crippen LogP contribution in [-0.4, -0.2) is 9.97 Å². The van der Waals surface area contributed by atoms with Crippen molar-refractivity contribution in [2.75, 3.05) is 0 Å². The van der Waals surface area contributed by atoms with E-state index in [4.69, 9.17) is 9.97 Å². The van der Waals surface area contributed by atoms with Gasteiger partial charge in [0.15, 0.2) is 0 Å². The molecular formula is C49H32N2. The summed E-state index contributed by atoms with van der Waals surface area (Å²) in [6.45, 7) is 0. The van der Waals surface area contributed by atoms with Gasteiger partial charge >= 0.3 is 0 Å². The second-order valence-electron chi connectivity index (χ2n) is 13.3. The molecule has 0 radical (unpaired) electrons. The van der Waals surface area contributed by atoms with Crippen molar-refractivity contribution in [2.45, 2.75) is 5.41 Å². The SMILES string of the molecule is c1ccc(-c2nc3ccccc3nc2-c2ccc(-c3ccc4c5c(ccc4c3)C(c3ccccc3)(c3ccccc3)c3ccccc3-5)cc2)cc1. The molecular weight excluding hydrogens is 617 g/mol. The highest BCUT2D eigenvalue weighted by Gasteiger charge is 2.46. The minimum Gasteiger partial charge on any atom is -0.244 e. The summed E-state index contributed by atoms with van der Waals surface area (Å²) in [5.74, 6) is 0. The summed E-state index contributed by atoms with van der Waals surface area (Å²) in [5.41, 5.74) is 15.5. The fourth-order valence-electron chi connectivity index (χ4n) is 8.27. The molecule has 0 spiro atoms. The zero-order chi connectivity index (χ0) is 33.8. The van der Waals surface area contributed by atoms with Gasteiger partial charge in [-0.25, -0.2) is 9.97 Å². The number of fused-ring (bicyclic) bond motifs is 6. The van der Waals surface area contributed by atoms with Gasteiger partial charge in [0.05, 0.1) is 27.8 Å². The number of rotatable bonds is 5. The van der Waals surface area contributed by atoms with Gasteiger partial charge in [-0.1, -0.05) is 176 Å². The van der Waals surface area contributed by atoms with Crippen LogP contribution in [0.5, 0.6) is 0 Å². The Morgan fingerprint density at radius 2 is 0.863 bits per heavy atom. The van der Waals surface area contributed by atoms with Crippen molar-refractivity contribution in [3.8, 4) is 44.8 Å². The molecule has 0 aliphatic heterocycles. The Bertz CT molecular complexity index is 2680. The number of hydrogen-bond donors (Lipinski definition) is 0. The average molecular weight is 649 g/mol. The zero-order valence-corrected chi connectivity index (χ0v) is 27.9. The molecule has 0 saturated heterocycles. The highest BCUT2D eigenvalue weighted by atomic mass is 14.8. The molecule has 1 aromatic heterocycles. The van der Waals surface area contributed by atoms with Gasteiger partial charge in [-0.15, -0.1) is 0 Å². The van der Waals surface area contributed by atoms with Crippen LogP contribution >= 0.6 is 0 Å². The third kappa shape index (κ3) is 4.57. The summed E-state index contributed by atoms with van der Waals surface area (Å²) in [5, 5.41) is 2.50. The molecule has 1 aliphatic carbocycles. The lowest BCUT2D eigenvalue weighted by atomic mass is 9.67. The van der Waals surface area contributed by atoms with Crippen LogP contribution in [0.4, 0.5) is 0 Å². The van der Waals surface area contributed by atoms with Crippen molar-refractivity contribution in [2.24, 2.45) is 0 Å². The molecule has 2 nitrogen and oxygen atoms in total. The largest absolute Gasteiger partial charge is 0.244 e. The molecule has 0 bridgehead atoms. The lowest BCUT2D eigenvalue weighted by molar-refractivity contribution is 0.769. The van der Waals surface area contributed by atoms with Gasteiger partial charge in [0, 0.05) is 11.1 Å². The third-order valence-electron chi connectivity index (χ3n) is 10.5. The second-order valence-corrected chi connectivity index (χ2v) is 13.3. The van der Waals surface area contributed by atoms with Crippen LogP contribution in [0.15, 0.2) is 194 Å². The lowest BCUT2D eigenvalue weighted by Crippen LogP contribution is -2.28. The van der Waals surface area contributed by atoms with Crippen LogP contribution < -0.4 is 0 Å². The van der Waals surface area contributed by atoms with Gasteiger partial charge in [0.1, 0.15) is 0 Å². The molecule has 10 rings (SSSR count). The normalized spacial score (nSPS) is 12.9. The average Bonchev–Trinajstić information content (AvgIpc) is 3.53. The predicted molar refractivity (Wildman–Crippen MR) is 211 cm³/mol. The van der Waals surface area contributed by atoms with Gasteiger partial charge in [0.25, 0.3) is 0 Å². The number of para-hydroxylation sites is 2. The van der Waals surface area contributed by atoms with Crippen LogP contribution in [0.1, 0.15) is 22.3 Å². The molecule has 2 heteroatoms. The molecule has 51 heavy (non-hydrogen) atoms. The summed E-state index contributed by atoms with van der Waals surface area (Å²) in [4.78, 5) is 10.2. The van der Waals surface area contributed by atoms with Gasteiger partial charge in [-0.05, 0) is 73.5 Å². The first-order valence-electron chi connectivity index (χ1n) is 17.5. The monoisotopic (exact) mass is 648 g/mol. The first-order valence-corrected chi connectivity index (χ1v) is 17.5. The molecule has 0 fully saturated rings.